The van der Waals surface area contributed by atoms with Crippen LogP contribution in [0.25, 0.3) is 0 Å². The molecule has 0 rings (SSSR count). The highest BCUT2D eigenvalue weighted by Crippen LogP contribution is 2.17. The van der Waals surface area contributed by atoms with Crippen LogP contribution in [0.4, 0.5) is 0 Å². The Kier molecular flexibility index (Phi) is 8.47. The van der Waals surface area contributed by atoms with Crippen molar-refractivity contribution >= 4 is 11.4 Å². The first-order valence-electron chi connectivity index (χ1n) is 6.65. The van der Waals surface area contributed by atoms with Gasteiger partial charge in [-0.15, -0.1) is 4.72 Å². The van der Waals surface area contributed by atoms with E-state index in [9.17, 15) is 4.55 Å². The minimum absolute atomic E-state index is 0.196. The Hall–Kier alpha value is 0.230. The zero-order valence-corrected chi connectivity index (χ0v) is 12.9. The van der Waals surface area contributed by atoms with Crippen LogP contribution >= 0.6 is 0 Å². The summed E-state index contributed by atoms with van der Waals surface area (Å²) in [7, 11) is 0. The monoisotopic (exact) mass is 262 g/mol. The van der Waals surface area contributed by atoms with Gasteiger partial charge in [-0.25, -0.2) is 0 Å². The van der Waals surface area contributed by atoms with Crippen LogP contribution in [0.1, 0.15) is 60.3 Å². The van der Waals surface area contributed by atoms with Gasteiger partial charge in [0.1, 0.15) is 4.75 Å². The van der Waals surface area contributed by atoms with Crippen LogP contribution in [0, 0.1) is 5.92 Å². The third-order valence-electron chi connectivity index (χ3n) is 2.68. The molecule has 0 unspecified atom stereocenters. The van der Waals surface area contributed by atoms with Crippen molar-refractivity contribution < 1.29 is 4.55 Å². The van der Waals surface area contributed by atoms with Crippen LogP contribution in [-0.2, 0) is 11.4 Å². The van der Waals surface area contributed by atoms with Crippen molar-refractivity contribution in [2.75, 3.05) is 6.54 Å². The molecule has 0 aromatic carbocycles. The van der Waals surface area contributed by atoms with Crippen molar-refractivity contribution in [1.82, 2.24) is 4.72 Å². The van der Waals surface area contributed by atoms with Gasteiger partial charge >= 0.3 is 0 Å². The summed E-state index contributed by atoms with van der Waals surface area (Å²) < 4.78 is 15.1. The van der Waals surface area contributed by atoms with Crippen molar-refractivity contribution in [3.05, 3.63) is 0 Å². The molecule has 3 N–H and O–H groups in total. The molecule has 3 nitrogen and oxygen atoms in total. The molecule has 0 aliphatic carbocycles. The Labute approximate surface area is 110 Å². The molecule has 0 heterocycles. The largest absolute Gasteiger partial charge is 0.598 e. The van der Waals surface area contributed by atoms with E-state index in [1.54, 1.807) is 0 Å². The second kappa shape index (κ2) is 8.35. The number of nitrogens with two attached hydrogens (primary N) is 1. The Balaban J connectivity index is 4.17. The molecule has 0 aliphatic heterocycles. The maximum Gasteiger partial charge on any atom is 0.136 e. The smallest absolute Gasteiger partial charge is 0.136 e. The SMILES string of the molecule is CC(C)CC[C@H](CCCN)N[S@+]([O-])C(C)(C)C. The molecule has 0 aliphatic rings. The fourth-order valence-electron chi connectivity index (χ4n) is 1.49. The van der Waals surface area contributed by atoms with Crippen molar-refractivity contribution in [3.63, 3.8) is 0 Å². The lowest BCUT2D eigenvalue weighted by Gasteiger charge is -2.28. The van der Waals surface area contributed by atoms with Crippen LogP contribution in [-0.4, -0.2) is 21.9 Å². The molecule has 0 bridgehead atoms. The number of hydrogen-bond donors (Lipinski definition) is 2. The van der Waals surface area contributed by atoms with Gasteiger partial charge in [0.25, 0.3) is 0 Å². The van der Waals surface area contributed by atoms with Gasteiger partial charge in [0.15, 0.2) is 0 Å². The lowest BCUT2D eigenvalue weighted by atomic mass is 10.0. The van der Waals surface area contributed by atoms with Crippen LogP contribution in [0.2, 0.25) is 0 Å². The van der Waals surface area contributed by atoms with Gasteiger partial charge in [-0.05, 0) is 58.9 Å². The molecule has 0 saturated carbocycles. The summed E-state index contributed by atoms with van der Waals surface area (Å²) >= 11 is -0.976. The first kappa shape index (κ1) is 17.2. The van der Waals surface area contributed by atoms with E-state index in [4.69, 9.17) is 5.73 Å². The second-order valence-electron chi connectivity index (χ2n) is 6.10. The summed E-state index contributed by atoms with van der Waals surface area (Å²) in [4.78, 5) is 0. The van der Waals surface area contributed by atoms with Gasteiger partial charge in [0.05, 0.1) is 6.04 Å². The van der Waals surface area contributed by atoms with E-state index in [0.29, 0.717) is 18.5 Å². The quantitative estimate of drug-likeness (QED) is 0.661. The lowest BCUT2D eigenvalue weighted by Crippen LogP contribution is -2.44. The second-order valence-corrected chi connectivity index (χ2v) is 8.10. The molecule has 0 radical (unpaired) electrons. The third-order valence-corrected chi connectivity index (χ3v) is 4.34. The van der Waals surface area contributed by atoms with Crippen molar-refractivity contribution in [1.29, 1.82) is 0 Å². The first-order chi connectivity index (χ1) is 7.77. The van der Waals surface area contributed by atoms with Crippen molar-refractivity contribution in [3.8, 4) is 0 Å². The molecular weight excluding hydrogens is 232 g/mol. The predicted octanol–water partition coefficient (Wildman–Crippen LogP) is 2.58. The first-order valence-corrected chi connectivity index (χ1v) is 7.80. The number of hydrogen-bond acceptors (Lipinski definition) is 3. The zero-order chi connectivity index (χ0) is 13.5. The Morgan fingerprint density at radius 1 is 1.18 bits per heavy atom. The average Bonchev–Trinajstić information content (AvgIpc) is 2.20. The summed E-state index contributed by atoms with van der Waals surface area (Å²) in [5.41, 5.74) is 5.55. The molecule has 0 fully saturated rings. The zero-order valence-electron chi connectivity index (χ0n) is 12.1. The number of nitrogens with one attached hydrogen (secondary N) is 1. The maximum absolute atomic E-state index is 12.1. The van der Waals surface area contributed by atoms with Crippen LogP contribution in [0.5, 0.6) is 0 Å². The lowest BCUT2D eigenvalue weighted by molar-refractivity contribution is 0.435. The Morgan fingerprint density at radius 2 is 1.76 bits per heavy atom. The topological polar surface area (TPSA) is 61.1 Å². The van der Waals surface area contributed by atoms with E-state index in [1.807, 2.05) is 20.8 Å². The molecule has 0 spiro atoms. The Bertz CT molecular complexity index is 192. The molecule has 2 atom stereocenters. The fraction of sp³-hybridized carbons (Fsp3) is 1.00. The standard InChI is InChI=1S/C13H30N2OS/c1-11(2)8-9-12(7-6-10-14)15-17(16)13(3,4)5/h11-12,15H,6-10,14H2,1-5H3/t12-,17+/m0/s1. The highest BCUT2D eigenvalue weighted by Gasteiger charge is 2.28. The molecule has 0 aromatic heterocycles. The van der Waals surface area contributed by atoms with E-state index in [0.717, 1.165) is 19.3 Å². The van der Waals surface area contributed by atoms with Crippen LogP contribution < -0.4 is 10.5 Å². The van der Waals surface area contributed by atoms with Crippen molar-refractivity contribution in [2.45, 2.75) is 71.1 Å². The van der Waals surface area contributed by atoms with Gasteiger partial charge in [0.2, 0.25) is 0 Å². The van der Waals surface area contributed by atoms with E-state index >= 15 is 0 Å². The summed E-state index contributed by atoms with van der Waals surface area (Å²) in [6.45, 7) is 11.2. The molecule has 0 aromatic rings. The molecular formula is C13H30N2OS. The highest BCUT2D eigenvalue weighted by molar-refractivity contribution is 7.90. The van der Waals surface area contributed by atoms with Gasteiger partial charge in [0, 0.05) is 11.4 Å². The summed E-state index contributed by atoms with van der Waals surface area (Å²) in [5, 5.41) is 0. The minimum Gasteiger partial charge on any atom is -0.598 e. The van der Waals surface area contributed by atoms with Gasteiger partial charge in [-0.1, -0.05) is 13.8 Å². The summed E-state index contributed by atoms with van der Waals surface area (Å²) in [6.07, 6.45) is 4.27. The normalized spacial score (nSPS) is 16.2. The highest BCUT2D eigenvalue weighted by atomic mass is 32.2. The Morgan fingerprint density at radius 3 is 2.18 bits per heavy atom. The predicted molar refractivity (Wildman–Crippen MR) is 77.2 cm³/mol. The fourth-order valence-corrected chi connectivity index (χ4v) is 2.38. The van der Waals surface area contributed by atoms with Crippen molar-refractivity contribution in [2.24, 2.45) is 11.7 Å². The van der Waals surface area contributed by atoms with Gasteiger partial charge in [-0.3, -0.25) is 0 Å². The summed E-state index contributed by atoms with van der Waals surface area (Å²) in [5.74, 6) is 0.695. The third kappa shape index (κ3) is 8.89. The van der Waals surface area contributed by atoms with E-state index in [-0.39, 0.29) is 4.75 Å². The molecule has 4 heteroatoms. The number of rotatable bonds is 8. The molecule has 104 valence electrons. The molecule has 0 saturated heterocycles. The molecule has 0 amide bonds. The summed E-state index contributed by atoms with van der Waals surface area (Å²) in [6, 6.07) is 0.334. The van der Waals surface area contributed by atoms with Crippen LogP contribution in [0.3, 0.4) is 0 Å². The minimum atomic E-state index is -0.976. The van der Waals surface area contributed by atoms with E-state index in [2.05, 4.69) is 18.6 Å². The van der Waals surface area contributed by atoms with Gasteiger partial charge < -0.3 is 10.3 Å². The van der Waals surface area contributed by atoms with E-state index in [1.165, 1.54) is 6.42 Å². The molecule has 17 heavy (non-hydrogen) atoms. The van der Waals surface area contributed by atoms with E-state index < -0.39 is 11.4 Å². The maximum atomic E-state index is 12.1. The van der Waals surface area contributed by atoms with Gasteiger partial charge in [-0.2, -0.15) is 0 Å². The average molecular weight is 262 g/mol. The van der Waals surface area contributed by atoms with Crippen LogP contribution in [0.15, 0.2) is 0 Å².